The van der Waals surface area contributed by atoms with E-state index in [2.05, 4.69) is 0 Å². The number of aliphatic hydroxyl groups excluding tert-OH is 1. The van der Waals surface area contributed by atoms with Gasteiger partial charge in [-0.1, -0.05) is 13.8 Å². The van der Waals surface area contributed by atoms with Crippen LogP contribution in [0, 0.1) is 0 Å². The molecule has 1 aliphatic rings. The number of halogens is 3. The van der Waals surface area contributed by atoms with Gasteiger partial charge in [-0.05, 0) is 17.7 Å². The van der Waals surface area contributed by atoms with E-state index in [-0.39, 0.29) is 11.3 Å². The third kappa shape index (κ3) is 2.85. The van der Waals surface area contributed by atoms with E-state index in [1.165, 1.54) is 6.07 Å². The summed E-state index contributed by atoms with van der Waals surface area (Å²) in [7, 11) is 0. The molecule has 1 aromatic rings. The van der Waals surface area contributed by atoms with Gasteiger partial charge in [-0.3, -0.25) is 0 Å². The summed E-state index contributed by atoms with van der Waals surface area (Å²) >= 11 is 0. The van der Waals surface area contributed by atoms with Crippen LogP contribution in [0.25, 0.3) is 0 Å². The highest BCUT2D eigenvalue weighted by atomic mass is 19.4. The molecule has 0 bridgehead atoms. The second-order valence-corrected chi connectivity index (χ2v) is 5.43. The van der Waals surface area contributed by atoms with Crippen molar-refractivity contribution in [2.24, 2.45) is 0 Å². The number of ether oxygens (including phenoxy) is 2. The first kappa shape index (κ1) is 15.0. The molecular weight excluding hydrogens is 273 g/mol. The van der Waals surface area contributed by atoms with Crippen molar-refractivity contribution in [1.29, 1.82) is 0 Å². The van der Waals surface area contributed by atoms with Gasteiger partial charge in [0, 0.05) is 11.8 Å². The predicted molar refractivity (Wildman–Crippen MR) is 67.2 cm³/mol. The maximum absolute atomic E-state index is 13.2. The number of alkyl halides is 3. The Morgan fingerprint density at radius 2 is 1.55 bits per heavy atom. The van der Waals surface area contributed by atoms with Crippen LogP contribution in [0.2, 0.25) is 0 Å². The Morgan fingerprint density at radius 1 is 1.05 bits per heavy atom. The molecule has 0 atom stereocenters. The summed E-state index contributed by atoms with van der Waals surface area (Å²) in [6.07, 6.45) is -3.89. The smallest absolute Gasteiger partial charge is 0.416 e. The number of rotatable bonds is 2. The van der Waals surface area contributed by atoms with Gasteiger partial charge < -0.3 is 14.6 Å². The summed E-state index contributed by atoms with van der Waals surface area (Å²) in [6, 6.07) is 2.30. The van der Waals surface area contributed by atoms with Crippen molar-refractivity contribution in [1.82, 2.24) is 0 Å². The minimum absolute atomic E-state index is 0.0109. The van der Waals surface area contributed by atoms with Gasteiger partial charge in [0.2, 0.25) is 0 Å². The fraction of sp³-hybridized carbons (Fsp3) is 0.571. The molecular formula is C14H17F3O3. The maximum Gasteiger partial charge on any atom is 0.416 e. The third-order valence-corrected chi connectivity index (χ3v) is 3.32. The molecule has 0 unspecified atom stereocenters. The third-order valence-electron chi connectivity index (χ3n) is 3.32. The van der Waals surface area contributed by atoms with Crippen LogP contribution >= 0.6 is 0 Å². The zero-order valence-corrected chi connectivity index (χ0v) is 11.4. The van der Waals surface area contributed by atoms with E-state index in [1.54, 1.807) is 13.8 Å². The van der Waals surface area contributed by atoms with Gasteiger partial charge in [0.15, 0.2) is 11.5 Å². The molecule has 20 heavy (non-hydrogen) atoms. The van der Waals surface area contributed by atoms with Crippen LogP contribution < -0.4 is 9.47 Å². The molecule has 1 N–H and O–H groups in total. The molecule has 0 saturated carbocycles. The predicted octanol–water partition coefficient (Wildman–Crippen LogP) is 3.14. The van der Waals surface area contributed by atoms with Crippen LogP contribution in [-0.2, 0) is 11.6 Å². The number of hydrogen-bond donors (Lipinski definition) is 1. The molecule has 0 aliphatic carbocycles. The molecule has 1 aromatic carbocycles. The molecule has 0 fully saturated rings. The Hall–Kier alpha value is -1.43. The van der Waals surface area contributed by atoms with Crippen LogP contribution in [0.15, 0.2) is 12.1 Å². The lowest BCUT2D eigenvalue weighted by atomic mass is 9.82. The monoisotopic (exact) mass is 290 g/mol. The van der Waals surface area contributed by atoms with Crippen molar-refractivity contribution in [3.05, 3.63) is 23.3 Å². The van der Waals surface area contributed by atoms with Gasteiger partial charge in [0.1, 0.15) is 0 Å². The van der Waals surface area contributed by atoms with Crippen LogP contribution in [0.5, 0.6) is 11.5 Å². The Bertz CT molecular complexity index is 495. The summed E-state index contributed by atoms with van der Waals surface area (Å²) in [5.74, 6) is 0.402. The van der Waals surface area contributed by atoms with Gasteiger partial charge in [-0.25, -0.2) is 0 Å². The average Bonchev–Trinajstić information content (AvgIpc) is 2.60. The molecule has 112 valence electrons. The number of benzene rings is 1. The van der Waals surface area contributed by atoms with E-state index < -0.39 is 23.8 Å². The van der Waals surface area contributed by atoms with E-state index in [9.17, 15) is 18.3 Å². The molecule has 0 aromatic heterocycles. The second kappa shape index (κ2) is 5.16. The zero-order valence-electron chi connectivity index (χ0n) is 11.4. The highest BCUT2D eigenvalue weighted by Gasteiger charge is 2.39. The highest BCUT2D eigenvalue weighted by molar-refractivity contribution is 5.51. The largest absolute Gasteiger partial charge is 0.490 e. The highest BCUT2D eigenvalue weighted by Crippen LogP contribution is 2.43. The first-order valence-electron chi connectivity index (χ1n) is 6.38. The Balaban J connectivity index is 2.62. The average molecular weight is 290 g/mol. The quantitative estimate of drug-likeness (QED) is 0.909. The number of fused-ring (bicyclic) bond motifs is 1. The van der Waals surface area contributed by atoms with Crippen LogP contribution in [0.1, 0.15) is 31.4 Å². The first-order valence-corrected chi connectivity index (χ1v) is 6.38. The van der Waals surface area contributed by atoms with E-state index in [0.717, 1.165) is 6.07 Å². The Morgan fingerprint density at radius 3 is 2.00 bits per heavy atom. The number of aliphatic hydroxyl groups is 1. The van der Waals surface area contributed by atoms with E-state index in [0.29, 0.717) is 25.4 Å². The van der Waals surface area contributed by atoms with Gasteiger partial charge in [-0.15, -0.1) is 0 Å². The minimum atomic E-state index is -4.51. The van der Waals surface area contributed by atoms with Crippen molar-refractivity contribution in [3.63, 3.8) is 0 Å². The Kier molecular flexibility index (Phi) is 3.86. The van der Waals surface area contributed by atoms with Crippen LogP contribution in [0.4, 0.5) is 13.2 Å². The number of hydrogen-bond acceptors (Lipinski definition) is 3. The summed E-state index contributed by atoms with van der Waals surface area (Å²) in [6.45, 7) is 3.45. The first-order chi connectivity index (χ1) is 9.25. The van der Waals surface area contributed by atoms with Crippen molar-refractivity contribution in [3.8, 4) is 11.5 Å². The topological polar surface area (TPSA) is 38.7 Å². The van der Waals surface area contributed by atoms with Gasteiger partial charge in [0.25, 0.3) is 0 Å². The Labute approximate surface area is 115 Å². The molecule has 0 radical (unpaired) electrons. The van der Waals surface area contributed by atoms with E-state index in [4.69, 9.17) is 9.47 Å². The molecule has 0 amide bonds. The molecule has 0 saturated heterocycles. The summed E-state index contributed by atoms with van der Waals surface area (Å²) in [5.41, 5.74) is -1.80. The van der Waals surface area contributed by atoms with Gasteiger partial charge in [-0.2, -0.15) is 13.2 Å². The molecule has 1 aliphatic heterocycles. The lowest BCUT2D eigenvalue weighted by Crippen LogP contribution is -2.26. The van der Waals surface area contributed by atoms with Crippen molar-refractivity contribution in [2.75, 3.05) is 19.8 Å². The van der Waals surface area contributed by atoms with Crippen molar-refractivity contribution >= 4 is 0 Å². The van der Waals surface area contributed by atoms with Gasteiger partial charge >= 0.3 is 6.18 Å². The normalized spacial score (nSPS) is 15.9. The minimum Gasteiger partial charge on any atom is -0.490 e. The molecule has 0 spiro atoms. The summed E-state index contributed by atoms with van der Waals surface area (Å²) < 4.78 is 50.3. The molecule has 6 heteroatoms. The molecule has 1 heterocycles. The van der Waals surface area contributed by atoms with Crippen LogP contribution in [-0.4, -0.2) is 24.9 Å². The van der Waals surface area contributed by atoms with Crippen LogP contribution in [0.3, 0.4) is 0 Å². The van der Waals surface area contributed by atoms with Crippen molar-refractivity contribution < 1.29 is 27.8 Å². The van der Waals surface area contributed by atoms with Crippen molar-refractivity contribution in [2.45, 2.75) is 31.9 Å². The molecule has 3 nitrogen and oxygen atoms in total. The standard InChI is InChI=1S/C14H17F3O3/c1-13(2,8-18)9-6-11-12(20-5-3-4-19-11)7-10(9)14(15,16)17/h6-7,18H,3-5,8H2,1-2H3. The fourth-order valence-electron chi connectivity index (χ4n) is 2.09. The lowest BCUT2D eigenvalue weighted by molar-refractivity contribution is -0.139. The lowest BCUT2D eigenvalue weighted by Gasteiger charge is -2.27. The van der Waals surface area contributed by atoms with E-state index in [1.807, 2.05) is 0 Å². The summed E-state index contributed by atoms with van der Waals surface area (Å²) in [4.78, 5) is 0. The summed E-state index contributed by atoms with van der Waals surface area (Å²) in [5, 5.41) is 9.36. The van der Waals surface area contributed by atoms with E-state index >= 15 is 0 Å². The fourth-order valence-corrected chi connectivity index (χ4v) is 2.09. The molecule has 2 rings (SSSR count). The SMILES string of the molecule is CC(C)(CO)c1cc2c(cc1C(F)(F)F)OCCCO2. The maximum atomic E-state index is 13.2. The zero-order chi connectivity index (χ0) is 15.0. The van der Waals surface area contributed by atoms with Gasteiger partial charge in [0.05, 0.1) is 25.4 Å². The second-order valence-electron chi connectivity index (χ2n) is 5.43.